The van der Waals surface area contributed by atoms with Crippen LogP contribution in [0.25, 0.3) is 0 Å². The first-order chi connectivity index (χ1) is 7.31. The highest BCUT2D eigenvalue weighted by Crippen LogP contribution is 2.19. The molecular weight excluding hydrogens is 180 g/mol. The summed E-state index contributed by atoms with van der Waals surface area (Å²) in [5.74, 6) is 3.11. The lowest BCUT2D eigenvalue weighted by Crippen LogP contribution is -1.94. The van der Waals surface area contributed by atoms with Crippen molar-refractivity contribution in [1.82, 2.24) is 0 Å². The Balaban J connectivity index is 2.68. The van der Waals surface area contributed by atoms with Crippen LogP contribution >= 0.6 is 0 Å². The molecule has 0 heteroatoms. The molecule has 0 aliphatic rings. The molecule has 1 rings (SSSR count). The summed E-state index contributed by atoms with van der Waals surface area (Å²) in [6, 6.07) is 8.79. The largest absolute Gasteiger partial charge is 0.119 e. The number of terminal acetylenes is 1. The smallest absolute Gasteiger partial charge is 0.0447 e. The molecule has 0 aromatic heterocycles. The van der Waals surface area contributed by atoms with E-state index in [-0.39, 0.29) is 5.92 Å². The van der Waals surface area contributed by atoms with E-state index in [1.165, 1.54) is 30.4 Å². The Hall–Kier alpha value is -1.22. The summed E-state index contributed by atoms with van der Waals surface area (Å²) in [4.78, 5) is 0. The van der Waals surface area contributed by atoms with E-state index < -0.39 is 0 Å². The molecule has 15 heavy (non-hydrogen) atoms. The van der Waals surface area contributed by atoms with Crippen molar-refractivity contribution < 1.29 is 0 Å². The van der Waals surface area contributed by atoms with Gasteiger partial charge in [-0.15, -0.1) is 6.42 Å². The third-order valence-corrected chi connectivity index (χ3v) is 2.81. The molecule has 1 atom stereocenters. The zero-order valence-corrected chi connectivity index (χ0v) is 9.79. The van der Waals surface area contributed by atoms with Crippen LogP contribution in [0.15, 0.2) is 24.3 Å². The highest BCUT2D eigenvalue weighted by Gasteiger charge is 2.04. The first-order valence-corrected chi connectivity index (χ1v) is 5.86. The van der Waals surface area contributed by atoms with Crippen LogP contribution in [0.2, 0.25) is 0 Å². The first kappa shape index (κ1) is 11.9. The second-order valence-electron chi connectivity index (χ2n) is 3.97. The predicted octanol–water partition coefficient (Wildman–Crippen LogP) is 4.16. The fourth-order valence-electron chi connectivity index (χ4n) is 1.75. The van der Waals surface area contributed by atoms with Gasteiger partial charge in [-0.2, -0.15) is 0 Å². The lowest BCUT2D eigenvalue weighted by atomic mass is 9.95. The van der Waals surface area contributed by atoms with Gasteiger partial charge in [0.2, 0.25) is 0 Å². The minimum Gasteiger partial charge on any atom is -0.119 e. The van der Waals surface area contributed by atoms with Gasteiger partial charge in [0.15, 0.2) is 0 Å². The second kappa shape index (κ2) is 6.30. The van der Waals surface area contributed by atoms with Gasteiger partial charge in [-0.1, -0.05) is 50.5 Å². The molecule has 80 valence electrons. The molecular formula is C15H20. The van der Waals surface area contributed by atoms with Crippen molar-refractivity contribution in [3.63, 3.8) is 0 Å². The second-order valence-corrected chi connectivity index (χ2v) is 3.97. The van der Waals surface area contributed by atoms with Gasteiger partial charge in [0.05, 0.1) is 0 Å². The minimum atomic E-state index is 0.283. The Labute approximate surface area is 93.7 Å². The number of unbranched alkanes of at least 4 members (excludes halogenated alkanes) is 1. The molecule has 0 radical (unpaired) electrons. The summed E-state index contributed by atoms with van der Waals surface area (Å²) < 4.78 is 0. The SMILES string of the molecule is C#CC(CC)c1ccc(CCCC)cc1. The van der Waals surface area contributed by atoms with Crippen molar-refractivity contribution in [2.24, 2.45) is 0 Å². The standard InChI is InChI=1S/C15H20/c1-4-7-8-13-9-11-15(12-10-13)14(5-2)6-3/h2,9-12,14H,4,6-8H2,1,3H3. The molecule has 0 amide bonds. The van der Waals surface area contributed by atoms with Crippen molar-refractivity contribution >= 4 is 0 Å². The van der Waals surface area contributed by atoms with Gasteiger partial charge in [-0.3, -0.25) is 0 Å². The van der Waals surface area contributed by atoms with Crippen molar-refractivity contribution in [3.8, 4) is 12.3 Å². The first-order valence-electron chi connectivity index (χ1n) is 5.86. The van der Waals surface area contributed by atoms with Crippen LogP contribution in [0.4, 0.5) is 0 Å². The Morgan fingerprint density at radius 2 is 1.87 bits per heavy atom. The number of hydrogen-bond acceptors (Lipinski definition) is 0. The molecule has 0 spiro atoms. The fourth-order valence-corrected chi connectivity index (χ4v) is 1.75. The zero-order valence-electron chi connectivity index (χ0n) is 9.79. The maximum Gasteiger partial charge on any atom is 0.0447 e. The molecule has 0 aliphatic carbocycles. The summed E-state index contributed by atoms with van der Waals surface area (Å²) in [5, 5.41) is 0. The topological polar surface area (TPSA) is 0 Å². The van der Waals surface area contributed by atoms with E-state index >= 15 is 0 Å². The molecule has 1 unspecified atom stereocenters. The van der Waals surface area contributed by atoms with E-state index in [9.17, 15) is 0 Å². The summed E-state index contributed by atoms with van der Waals surface area (Å²) in [6.07, 6.45) is 10.2. The maximum atomic E-state index is 5.48. The van der Waals surface area contributed by atoms with Crippen LogP contribution in [-0.4, -0.2) is 0 Å². The molecule has 0 saturated heterocycles. The number of benzene rings is 1. The van der Waals surface area contributed by atoms with E-state index in [2.05, 4.69) is 44.0 Å². The highest BCUT2D eigenvalue weighted by atomic mass is 14.1. The quantitative estimate of drug-likeness (QED) is 0.626. The van der Waals surface area contributed by atoms with Crippen LogP contribution in [0.5, 0.6) is 0 Å². The van der Waals surface area contributed by atoms with E-state index in [1.807, 2.05) is 0 Å². The van der Waals surface area contributed by atoms with Gasteiger partial charge in [-0.05, 0) is 30.4 Å². The molecule has 0 saturated carbocycles. The van der Waals surface area contributed by atoms with Crippen molar-refractivity contribution in [2.45, 2.75) is 45.4 Å². The number of hydrogen-bond donors (Lipinski definition) is 0. The Morgan fingerprint density at radius 1 is 1.20 bits per heavy atom. The molecule has 0 nitrogen and oxygen atoms in total. The van der Waals surface area contributed by atoms with E-state index in [4.69, 9.17) is 6.42 Å². The molecule has 1 aromatic carbocycles. The molecule has 0 aliphatic heterocycles. The molecule has 0 fully saturated rings. The minimum absolute atomic E-state index is 0.283. The summed E-state index contributed by atoms with van der Waals surface area (Å²) >= 11 is 0. The van der Waals surface area contributed by atoms with Crippen molar-refractivity contribution in [2.75, 3.05) is 0 Å². The van der Waals surface area contributed by atoms with Gasteiger partial charge in [0, 0.05) is 5.92 Å². The lowest BCUT2D eigenvalue weighted by Gasteiger charge is -2.08. The molecule has 0 bridgehead atoms. The average Bonchev–Trinajstić information content (AvgIpc) is 2.29. The van der Waals surface area contributed by atoms with Crippen LogP contribution in [-0.2, 0) is 6.42 Å². The summed E-state index contributed by atoms with van der Waals surface area (Å²) in [7, 11) is 0. The van der Waals surface area contributed by atoms with Crippen molar-refractivity contribution in [1.29, 1.82) is 0 Å². The Bertz CT molecular complexity index is 313. The maximum absolute atomic E-state index is 5.48. The Kier molecular flexibility index (Phi) is 4.98. The van der Waals surface area contributed by atoms with E-state index in [1.54, 1.807) is 0 Å². The van der Waals surface area contributed by atoms with Crippen molar-refractivity contribution in [3.05, 3.63) is 35.4 Å². The van der Waals surface area contributed by atoms with E-state index in [0.717, 1.165) is 6.42 Å². The zero-order chi connectivity index (χ0) is 11.1. The van der Waals surface area contributed by atoms with Crippen LogP contribution < -0.4 is 0 Å². The van der Waals surface area contributed by atoms with Crippen LogP contribution in [0.1, 0.15) is 50.2 Å². The van der Waals surface area contributed by atoms with Crippen LogP contribution in [0.3, 0.4) is 0 Å². The third-order valence-electron chi connectivity index (χ3n) is 2.81. The van der Waals surface area contributed by atoms with Crippen LogP contribution in [0, 0.1) is 12.3 Å². The molecule has 1 aromatic rings. The average molecular weight is 200 g/mol. The van der Waals surface area contributed by atoms with Gasteiger partial charge in [0.25, 0.3) is 0 Å². The summed E-state index contributed by atoms with van der Waals surface area (Å²) in [5.41, 5.74) is 2.70. The molecule has 0 heterocycles. The Morgan fingerprint density at radius 3 is 2.33 bits per heavy atom. The van der Waals surface area contributed by atoms with Gasteiger partial charge >= 0.3 is 0 Å². The van der Waals surface area contributed by atoms with Gasteiger partial charge in [0.1, 0.15) is 0 Å². The normalized spacial score (nSPS) is 12.1. The third kappa shape index (κ3) is 3.44. The number of rotatable bonds is 5. The highest BCUT2D eigenvalue weighted by molar-refractivity contribution is 5.29. The number of aryl methyl sites for hydroxylation is 1. The fraction of sp³-hybridized carbons (Fsp3) is 0.467. The summed E-state index contributed by atoms with van der Waals surface area (Å²) in [6.45, 7) is 4.36. The van der Waals surface area contributed by atoms with Gasteiger partial charge < -0.3 is 0 Å². The lowest BCUT2D eigenvalue weighted by molar-refractivity contribution is 0.791. The monoisotopic (exact) mass is 200 g/mol. The van der Waals surface area contributed by atoms with E-state index in [0.29, 0.717) is 0 Å². The van der Waals surface area contributed by atoms with Gasteiger partial charge in [-0.25, -0.2) is 0 Å². The molecule has 0 N–H and O–H groups in total. The predicted molar refractivity (Wildman–Crippen MR) is 66.9 cm³/mol.